The minimum Gasteiger partial charge on any atom is -0.338 e. The topological polar surface area (TPSA) is 49.6 Å². The number of carbonyl (C=O) groups excluding carboxylic acids is 1. The first-order valence-electron chi connectivity index (χ1n) is 6.44. The van der Waals surface area contributed by atoms with Gasteiger partial charge < -0.3 is 15.5 Å². The molecular formula is C14H21BrClN3O. The minimum absolute atomic E-state index is 0. The second kappa shape index (κ2) is 6.89. The molecule has 2 rings (SSSR count). The van der Waals surface area contributed by atoms with Crippen LogP contribution in [0.5, 0.6) is 0 Å². The molecule has 2 N–H and O–H groups in total. The Balaban J connectivity index is 0.00000200. The van der Waals surface area contributed by atoms with E-state index in [9.17, 15) is 4.79 Å². The summed E-state index contributed by atoms with van der Waals surface area (Å²) in [5, 5.41) is 0. The Bertz CT molecular complexity index is 456. The lowest BCUT2D eigenvalue weighted by molar-refractivity contribution is -0.138. The lowest BCUT2D eigenvalue weighted by atomic mass is 9.91. The highest BCUT2D eigenvalue weighted by molar-refractivity contribution is 9.10. The van der Waals surface area contributed by atoms with Gasteiger partial charge in [0.25, 0.3) is 0 Å². The van der Waals surface area contributed by atoms with Crippen molar-refractivity contribution in [1.29, 1.82) is 0 Å². The summed E-state index contributed by atoms with van der Waals surface area (Å²) in [6.07, 6.45) is 0. The van der Waals surface area contributed by atoms with Gasteiger partial charge >= 0.3 is 0 Å². The fourth-order valence-corrected chi connectivity index (χ4v) is 2.52. The van der Waals surface area contributed by atoms with E-state index in [0.29, 0.717) is 0 Å². The molecule has 4 nitrogen and oxygen atoms in total. The van der Waals surface area contributed by atoms with Crippen molar-refractivity contribution < 1.29 is 4.79 Å². The van der Waals surface area contributed by atoms with E-state index >= 15 is 0 Å². The molecular weight excluding hydrogens is 342 g/mol. The number of nitrogens with two attached hydrogens (primary N) is 1. The van der Waals surface area contributed by atoms with Crippen LogP contribution < -0.4 is 5.73 Å². The van der Waals surface area contributed by atoms with Crippen LogP contribution in [-0.4, -0.2) is 48.9 Å². The SMILES string of the molecule is CN1CCN(C(=O)C(C)(N)c2ccc(Br)cc2)CC1.Cl. The van der Waals surface area contributed by atoms with Crippen LogP contribution in [-0.2, 0) is 10.3 Å². The smallest absolute Gasteiger partial charge is 0.247 e. The molecule has 1 amide bonds. The third-order valence-corrected chi connectivity index (χ3v) is 4.21. The van der Waals surface area contributed by atoms with Gasteiger partial charge in [0.15, 0.2) is 0 Å². The number of halogens is 2. The average molecular weight is 363 g/mol. The first-order valence-corrected chi connectivity index (χ1v) is 7.23. The van der Waals surface area contributed by atoms with Gasteiger partial charge in [0.2, 0.25) is 5.91 Å². The molecule has 1 aromatic carbocycles. The molecule has 0 radical (unpaired) electrons. The van der Waals surface area contributed by atoms with Crippen molar-refractivity contribution >= 4 is 34.2 Å². The number of rotatable bonds is 2. The van der Waals surface area contributed by atoms with E-state index in [4.69, 9.17) is 5.73 Å². The van der Waals surface area contributed by atoms with E-state index in [1.807, 2.05) is 29.2 Å². The maximum absolute atomic E-state index is 12.6. The standard InChI is InChI=1S/C14H20BrN3O.ClH/c1-14(16,11-3-5-12(15)6-4-11)13(19)18-9-7-17(2)8-10-18;/h3-6H,7-10,16H2,1-2H3;1H. The Morgan fingerprint density at radius 3 is 2.20 bits per heavy atom. The van der Waals surface area contributed by atoms with Gasteiger partial charge in [0, 0.05) is 30.7 Å². The monoisotopic (exact) mass is 361 g/mol. The van der Waals surface area contributed by atoms with Crippen LogP contribution in [0.25, 0.3) is 0 Å². The zero-order valence-corrected chi connectivity index (χ0v) is 14.2. The van der Waals surface area contributed by atoms with Crippen LogP contribution in [0, 0.1) is 0 Å². The molecule has 0 aliphatic carbocycles. The van der Waals surface area contributed by atoms with Gasteiger partial charge in [-0.2, -0.15) is 0 Å². The number of hydrogen-bond acceptors (Lipinski definition) is 3. The zero-order chi connectivity index (χ0) is 14.0. The van der Waals surface area contributed by atoms with Crippen LogP contribution >= 0.6 is 28.3 Å². The second-order valence-electron chi connectivity index (χ2n) is 5.30. The van der Waals surface area contributed by atoms with Crippen molar-refractivity contribution in [3.8, 4) is 0 Å². The van der Waals surface area contributed by atoms with Gasteiger partial charge in [0.05, 0.1) is 0 Å². The van der Waals surface area contributed by atoms with Gasteiger partial charge in [0.1, 0.15) is 5.54 Å². The molecule has 1 aromatic rings. The molecule has 1 aliphatic heterocycles. The Morgan fingerprint density at radius 2 is 1.70 bits per heavy atom. The van der Waals surface area contributed by atoms with Crippen LogP contribution in [0.1, 0.15) is 12.5 Å². The minimum atomic E-state index is -0.962. The summed E-state index contributed by atoms with van der Waals surface area (Å²) in [6.45, 7) is 5.10. The number of carbonyl (C=O) groups is 1. The van der Waals surface area contributed by atoms with Gasteiger partial charge in [-0.05, 0) is 31.7 Å². The Kier molecular flexibility index (Phi) is 6.01. The second-order valence-corrected chi connectivity index (χ2v) is 6.22. The highest BCUT2D eigenvalue weighted by atomic mass is 79.9. The Hall–Kier alpha value is -0.620. The van der Waals surface area contributed by atoms with Crippen LogP contribution in [0.15, 0.2) is 28.7 Å². The average Bonchev–Trinajstić information content (AvgIpc) is 2.39. The summed E-state index contributed by atoms with van der Waals surface area (Å²) in [4.78, 5) is 16.7. The van der Waals surface area contributed by atoms with Crippen molar-refractivity contribution in [3.63, 3.8) is 0 Å². The fourth-order valence-electron chi connectivity index (χ4n) is 2.26. The lowest BCUT2D eigenvalue weighted by Crippen LogP contribution is -2.56. The van der Waals surface area contributed by atoms with E-state index in [2.05, 4.69) is 27.9 Å². The molecule has 1 heterocycles. The number of piperazine rings is 1. The number of amides is 1. The molecule has 6 heteroatoms. The molecule has 1 atom stereocenters. The third kappa shape index (κ3) is 3.73. The number of benzene rings is 1. The summed E-state index contributed by atoms with van der Waals surface area (Å²) in [7, 11) is 2.07. The van der Waals surface area contributed by atoms with Gasteiger partial charge in [-0.15, -0.1) is 12.4 Å². The van der Waals surface area contributed by atoms with Crippen LogP contribution in [0.2, 0.25) is 0 Å². The van der Waals surface area contributed by atoms with E-state index in [1.165, 1.54) is 0 Å². The summed E-state index contributed by atoms with van der Waals surface area (Å²) in [5.74, 6) is 0.00271. The maximum atomic E-state index is 12.6. The highest BCUT2D eigenvalue weighted by Gasteiger charge is 2.35. The molecule has 20 heavy (non-hydrogen) atoms. The molecule has 1 aliphatic rings. The van der Waals surface area contributed by atoms with Gasteiger partial charge in [-0.1, -0.05) is 28.1 Å². The van der Waals surface area contributed by atoms with E-state index in [-0.39, 0.29) is 18.3 Å². The first kappa shape index (κ1) is 17.4. The largest absolute Gasteiger partial charge is 0.338 e. The molecule has 0 aromatic heterocycles. The quantitative estimate of drug-likeness (QED) is 0.873. The highest BCUT2D eigenvalue weighted by Crippen LogP contribution is 2.23. The summed E-state index contributed by atoms with van der Waals surface area (Å²) in [5.41, 5.74) is 6.16. The maximum Gasteiger partial charge on any atom is 0.247 e. The molecule has 0 saturated carbocycles. The molecule has 1 unspecified atom stereocenters. The Morgan fingerprint density at radius 1 is 1.20 bits per heavy atom. The van der Waals surface area contributed by atoms with Crippen molar-refractivity contribution in [2.24, 2.45) is 5.73 Å². The fraction of sp³-hybridized carbons (Fsp3) is 0.500. The lowest BCUT2D eigenvalue weighted by Gasteiger charge is -2.37. The summed E-state index contributed by atoms with van der Waals surface area (Å²) >= 11 is 3.39. The van der Waals surface area contributed by atoms with Crippen molar-refractivity contribution in [2.45, 2.75) is 12.5 Å². The van der Waals surface area contributed by atoms with Crippen LogP contribution in [0.4, 0.5) is 0 Å². The van der Waals surface area contributed by atoms with Gasteiger partial charge in [-0.3, -0.25) is 4.79 Å². The molecule has 112 valence electrons. The van der Waals surface area contributed by atoms with Gasteiger partial charge in [-0.25, -0.2) is 0 Å². The van der Waals surface area contributed by atoms with Crippen LogP contribution in [0.3, 0.4) is 0 Å². The zero-order valence-electron chi connectivity index (χ0n) is 11.8. The van der Waals surface area contributed by atoms with Crippen molar-refractivity contribution in [3.05, 3.63) is 34.3 Å². The Labute approximate surface area is 134 Å². The van der Waals surface area contributed by atoms with Crippen molar-refractivity contribution in [2.75, 3.05) is 33.2 Å². The number of nitrogens with zero attached hydrogens (tertiary/aromatic N) is 2. The number of likely N-dealkylation sites (N-methyl/N-ethyl adjacent to an activating group) is 1. The summed E-state index contributed by atoms with van der Waals surface area (Å²) < 4.78 is 0.985. The van der Waals surface area contributed by atoms with Crippen molar-refractivity contribution in [1.82, 2.24) is 9.80 Å². The molecule has 1 saturated heterocycles. The predicted molar refractivity (Wildman–Crippen MR) is 87.0 cm³/mol. The third-order valence-electron chi connectivity index (χ3n) is 3.68. The summed E-state index contributed by atoms with van der Waals surface area (Å²) in [6, 6.07) is 7.63. The number of hydrogen-bond donors (Lipinski definition) is 1. The predicted octanol–water partition coefficient (Wildman–Crippen LogP) is 1.82. The van der Waals surface area contributed by atoms with E-state index in [0.717, 1.165) is 36.2 Å². The molecule has 0 spiro atoms. The first-order chi connectivity index (χ1) is 8.91. The molecule has 0 bridgehead atoms. The van der Waals surface area contributed by atoms with E-state index in [1.54, 1.807) is 6.92 Å². The normalized spacial score (nSPS) is 19.1. The molecule has 1 fully saturated rings. The van der Waals surface area contributed by atoms with E-state index < -0.39 is 5.54 Å².